The van der Waals surface area contributed by atoms with Crippen LogP contribution in [0.3, 0.4) is 0 Å². The fourth-order valence-electron chi connectivity index (χ4n) is 2.75. The average molecular weight is 465 g/mol. The number of amides is 1. The van der Waals surface area contributed by atoms with Crippen LogP contribution in [-0.2, 0) is 17.9 Å². The van der Waals surface area contributed by atoms with E-state index in [9.17, 15) is 9.18 Å². The van der Waals surface area contributed by atoms with Crippen LogP contribution < -0.4 is 0 Å². The second-order valence-electron chi connectivity index (χ2n) is 6.45. The second kappa shape index (κ2) is 10.1. The molecule has 0 N–H and O–H groups in total. The predicted molar refractivity (Wildman–Crippen MR) is 119 cm³/mol. The Kier molecular flexibility index (Phi) is 7.53. The first-order chi connectivity index (χ1) is 14.4. The van der Waals surface area contributed by atoms with E-state index in [0.29, 0.717) is 33.1 Å². The van der Waals surface area contributed by atoms with Gasteiger partial charge in [0.25, 0.3) is 0 Å². The van der Waals surface area contributed by atoms with Crippen LogP contribution in [0.2, 0.25) is 10.0 Å². The highest BCUT2D eigenvalue weighted by Gasteiger charge is 2.18. The third-order valence-electron chi connectivity index (χ3n) is 4.34. The molecular weight excluding hydrogens is 446 g/mol. The summed E-state index contributed by atoms with van der Waals surface area (Å²) in [4.78, 5) is 14.0. The molecular formula is C21H19Cl2FN4OS. The Bertz CT molecular complexity index is 1040. The topological polar surface area (TPSA) is 51.0 Å². The maximum atomic E-state index is 14.0. The normalized spacial score (nSPS) is 10.8. The molecule has 0 atom stereocenters. The molecule has 0 fully saturated rings. The first-order valence-corrected chi connectivity index (χ1v) is 10.7. The minimum Gasteiger partial charge on any atom is -0.341 e. The molecule has 3 rings (SSSR count). The molecule has 0 spiro atoms. The standard InChI is InChI=1S/C21H19Cl2FN4OS/c1-3-11-28-20(14-7-9-15(22)10-8-14)25-26-21(28)30-13-19(29)27(2)12-16-17(23)5-4-6-18(16)24/h3-10H,1,11-13H2,2H3. The van der Waals surface area contributed by atoms with Crippen molar-refractivity contribution in [1.82, 2.24) is 19.7 Å². The Morgan fingerprint density at radius 3 is 2.63 bits per heavy atom. The SMILES string of the molecule is C=CCn1c(SCC(=O)N(C)Cc2c(F)cccc2Cl)nnc1-c1ccc(Cl)cc1. The second-order valence-corrected chi connectivity index (χ2v) is 8.24. The van der Waals surface area contributed by atoms with Crippen LogP contribution in [0.4, 0.5) is 4.39 Å². The van der Waals surface area contributed by atoms with Crippen LogP contribution in [0, 0.1) is 5.82 Å². The highest BCUT2D eigenvalue weighted by Crippen LogP contribution is 2.26. The third kappa shape index (κ3) is 5.22. The van der Waals surface area contributed by atoms with Crippen molar-refractivity contribution in [1.29, 1.82) is 0 Å². The van der Waals surface area contributed by atoms with Gasteiger partial charge in [-0.1, -0.05) is 47.1 Å². The van der Waals surface area contributed by atoms with Gasteiger partial charge in [-0.15, -0.1) is 16.8 Å². The van der Waals surface area contributed by atoms with Gasteiger partial charge in [0.1, 0.15) is 5.82 Å². The summed E-state index contributed by atoms with van der Waals surface area (Å²) in [6.07, 6.45) is 1.74. The smallest absolute Gasteiger partial charge is 0.233 e. The van der Waals surface area contributed by atoms with E-state index in [-0.39, 0.29) is 18.2 Å². The van der Waals surface area contributed by atoms with Crippen molar-refractivity contribution in [3.8, 4) is 11.4 Å². The fourth-order valence-corrected chi connectivity index (χ4v) is 3.98. The first-order valence-electron chi connectivity index (χ1n) is 9.00. The van der Waals surface area contributed by atoms with E-state index in [2.05, 4.69) is 16.8 Å². The van der Waals surface area contributed by atoms with Crippen LogP contribution in [0.5, 0.6) is 0 Å². The number of hydrogen-bond donors (Lipinski definition) is 0. The van der Waals surface area contributed by atoms with E-state index in [1.54, 1.807) is 31.3 Å². The van der Waals surface area contributed by atoms with Crippen molar-refractivity contribution in [2.45, 2.75) is 18.2 Å². The van der Waals surface area contributed by atoms with Crippen LogP contribution in [0.15, 0.2) is 60.3 Å². The zero-order chi connectivity index (χ0) is 21.7. The van der Waals surface area contributed by atoms with Gasteiger partial charge in [0.05, 0.1) is 5.75 Å². The van der Waals surface area contributed by atoms with Gasteiger partial charge in [0.15, 0.2) is 11.0 Å². The molecule has 0 saturated heterocycles. The van der Waals surface area contributed by atoms with Gasteiger partial charge < -0.3 is 4.90 Å². The van der Waals surface area contributed by atoms with E-state index in [0.717, 1.165) is 5.56 Å². The minimum atomic E-state index is -0.437. The maximum absolute atomic E-state index is 14.0. The highest BCUT2D eigenvalue weighted by molar-refractivity contribution is 7.99. The van der Waals surface area contributed by atoms with Crippen LogP contribution in [0.1, 0.15) is 5.56 Å². The molecule has 30 heavy (non-hydrogen) atoms. The molecule has 156 valence electrons. The summed E-state index contributed by atoms with van der Waals surface area (Å²) in [5.41, 5.74) is 1.15. The molecule has 1 amide bonds. The molecule has 0 aliphatic carbocycles. The van der Waals surface area contributed by atoms with Gasteiger partial charge in [0, 0.05) is 41.3 Å². The molecule has 1 heterocycles. The van der Waals surface area contributed by atoms with E-state index < -0.39 is 5.82 Å². The number of carbonyl (C=O) groups is 1. The Morgan fingerprint density at radius 1 is 1.23 bits per heavy atom. The lowest BCUT2D eigenvalue weighted by molar-refractivity contribution is -0.127. The molecule has 0 aliphatic rings. The number of benzene rings is 2. The van der Waals surface area contributed by atoms with E-state index in [1.807, 2.05) is 16.7 Å². The van der Waals surface area contributed by atoms with Gasteiger partial charge in [-0.25, -0.2) is 4.39 Å². The van der Waals surface area contributed by atoms with Crippen molar-refractivity contribution in [2.75, 3.05) is 12.8 Å². The van der Waals surface area contributed by atoms with E-state index in [4.69, 9.17) is 23.2 Å². The van der Waals surface area contributed by atoms with Crippen molar-refractivity contribution < 1.29 is 9.18 Å². The van der Waals surface area contributed by atoms with Gasteiger partial charge >= 0.3 is 0 Å². The van der Waals surface area contributed by atoms with E-state index >= 15 is 0 Å². The van der Waals surface area contributed by atoms with Gasteiger partial charge in [0.2, 0.25) is 5.91 Å². The van der Waals surface area contributed by atoms with Crippen LogP contribution in [0.25, 0.3) is 11.4 Å². The molecule has 0 aliphatic heterocycles. The predicted octanol–water partition coefficient (Wildman–Crippen LogP) is 5.33. The first kappa shape index (κ1) is 22.3. The molecule has 0 unspecified atom stereocenters. The molecule has 0 radical (unpaired) electrons. The number of carbonyl (C=O) groups excluding carboxylic acids is 1. The van der Waals surface area contributed by atoms with E-state index in [1.165, 1.54) is 28.8 Å². The lowest BCUT2D eigenvalue weighted by Crippen LogP contribution is -2.28. The highest BCUT2D eigenvalue weighted by atomic mass is 35.5. The summed E-state index contributed by atoms with van der Waals surface area (Å²) in [6, 6.07) is 11.7. The number of hydrogen-bond acceptors (Lipinski definition) is 4. The Morgan fingerprint density at radius 2 is 1.97 bits per heavy atom. The summed E-state index contributed by atoms with van der Waals surface area (Å²) in [5.74, 6) is 0.167. The molecule has 0 bridgehead atoms. The van der Waals surface area contributed by atoms with Crippen molar-refractivity contribution >= 4 is 40.9 Å². The zero-order valence-electron chi connectivity index (χ0n) is 16.2. The lowest BCUT2D eigenvalue weighted by atomic mass is 10.2. The molecule has 1 aromatic heterocycles. The molecule has 5 nitrogen and oxygen atoms in total. The number of nitrogens with zero attached hydrogens (tertiary/aromatic N) is 4. The summed E-state index contributed by atoms with van der Waals surface area (Å²) in [7, 11) is 1.61. The van der Waals surface area contributed by atoms with Crippen LogP contribution in [-0.4, -0.2) is 38.4 Å². The lowest BCUT2D eigenvalue weighted by Gasteiger charge is -2.18. The summed E-state index contributed by atoms with van der Waals surface area (Å²) >= 11 is 13.3. The Hall–Kier alpha value is -2.35. The number of allylic oxidation sites excluding steroid dienone is 1. The fraction of sp³-hybridized carbons (Fsp3) is 0.190. The largest absolute Gasteiger partial charge is 0.341 e. The summed E-state index contributed by atoms with van der Waals surface area (Å²) < 4.78 is 15.9. The van der Waals surface area contributed by atoms with Crippen molar-refractivity contribution in [2.24, 2.45) is 0 Å². The molecule has 2 aromatic carbocycles. The van der Waals surface area contributed by atoms with Crippen molar-refractivity contribution in [3.05, 3.63) is 76.5 Å². The molecule has 0 saturated carbocycles. The molecule has 3 aromatic rings. The summed E-state index contributed by atoms with van der Waals surface area (Å²) in [6.45, 7) is 4.35. The monoisotopic (exact) mass is 464 g/mol. The quantitative estimate of drug-likeness (QED) is 0.334. The maximum Gasteiger partial charge on any atom is 0.233 e. The van der Waals surface area contributed by atoms with Crippen LogP contribution >= 0.6 is 35.0 Å². The zero-order valence-corrected chi connectivity index (χ0v) is 18.5. The number of halogens is 3. The Balaban J connectivity index is 1.71. The third-order valence-corrected chi connectivity index (χ3v) is 5.90. The van der Waals surface area contributed by atoms with Crippen molar-refractivity contribution in [3.63, 3.8) is 0 Å². The molecule has 9 heteroatoms. The van der Waals surface area contributed by atoms with Gasteiger partial charge in [-0.3, -0.25) is 9.36 Å². The number of rotatable bonds is 8. The average Bonchev–Trinajstić information content (AvgIpc) is 3.12. The van der Waals surface area contributed by atoms with Gasteiger partial charge in [-0.2, -0.15) is 0 Å². The summed E-state index contributed by atoms with van der Waals surface area (Å²) in [5, 5.41) is 9.99. The number of aromatic nitrogens is 3. The van der Waals surface area contributed by atoms with Gasteiger partial charge in [-0.05, 0) is 36.4 Å². The minimum absolute atomic E-state index is 0.0836. The number of thioether (sulfide) groups is 1. The Labute approximate surface area is 188 Å².